The normalized spacial score (nSPS) is 15.8. The molecule has 3 aromatic heterocycles. The Hall–Kier alpha value is -3.03. The average molecular weight is 540 g/mol. The predicted molar refractivity (Wildman–Crippen MR) is 145 cm³/mol. The van der Waals surface area contributed by atoms with Crippen LogP contribution in [0.1, 0.15) is 19.8 Å². The Labute approximate surface area is 219 Å². The molecule has 0 amide bonds. The quantitative estimate of drug-likeness (QED) is 0.203. The van der Waals surface area contributed by atoms with Gasteiger partial charge in [-0.1, -0.05) is 26.6 Å². The summed E-state index contributed by atoms with van der Waals surface area (Å²) in [6, 6.07) is 5.20. The van der Waals surface area contributed by atoms with E-state index < -0.39 is 23.6 Å². The van der Waals surface area contributed by atoms with Crippen molar-refractivity contribution in [2.45, 2.75) is 57.7 Å². The number of rotatable bonds is 11. The number of pyridine rings is 1. The monoisotopic (exact) mass is 539 g/mol. The largest absolute Gasteiger partial charge is 0.361 e. The van der Waals surface area contributed by atoms with Crippen molar-refractivity contribution in [3.8, 4) is 17.2 Å². The van der Waals surface area contributed by atoms with Crippen molar-refractivity contribution in [1.82, 2.24) is 23.6 Å². The highest BCUT2D eigenvalue weighted by atomic mass is 32.2. The molecule has 0 spiro atoms. The second-order valence-electron chi connectivity index (χ2n) is 10.8. The van der Waals surface area contributed by atoms with Crippen molar-refractivity contribution < 1.29 is 13.2 Å². The molecule has 4 heterocycles. The molecule has 0 atom stereocenters. The van der Waals surface area contributed by atoms with Crippen LogP contribution in [0.5, 0.6) is 0 Å². The highest BCUT2D eigenvalue weighted by molar-refractivity contribution is 7.89. The van der Waals surface area contributed by atoms with Crippen molar-refractivity contribution in [2.24, 2.45) is 0 Å². The molecule has 196 valence electrons. The molecule has 0 unspecified atom stereocenters. The van der Waals surface area contributed by atoms with E-state index in [1.807, 2.05) is 30.0 Å². The second-order valence-corrected chi connectivity index (χ2v) is 18.5. The van der Waals surface area contributed by atoms with E-state index in [1.54, 1.807) is 17.1 Å². The minimum absolute atomic E-state index is 0.0855. The Kier molecular flexibility index (Phi) is 7.58. The zero-order valence-corrected chi connectivity index (χ0v) is 23.6. The highest BCUT2D eigenvalue weighted by Crippen LogP contribution is 2.39. The Morgan fingerprint density at radius 1 is 1.30 bits per heavy atom. The van der Waals surface area contributed by atoms with Crippen LogP contribution in [-0.2, 0) is 27.0 Å². The van der Waals surface area contributed by atoms with Crippen LogP contribution in [0.4, 0.5) is 5.69 Å². The topological polar surface area (TPSA) is 110 Å². The smallest absolute Gasteiger partial charge is 0.214 e. The number of hydrogen-bond donors (Lipinski definition) is 0. The summed E-state index contributed by atoms with van der Waals surface area (Å²) in [5.74, 6) is 0.0855. The maximum Gasteiger partial charge on any atom is 0.214 e. The maximum atomic E-state index is 12.5. The Balaban J connectivity index is 1.63. The number of nitriles is 1. The van der Waals surface area contributed by atoms with E-state index >= 15 is 0 Å². The van der Waals surface area contributed by atoms with Crippen LogP contribution in [0, 0.1) is 17.9 Å². The van der Waals surface area contributed by atoms with Crippen LogP contribution in [0.25, 0.3) is 27.0 Å². The first-order valence-corrected chi connectivity index (χ1v) is 17.7. The molecule has 4 rings (SSSR count). The molecule has 0 N–H and O–H groups in total. The maximum absolute atomic E-state index is 12.5. The molecule has 0 radical (unpaired) electrons. The van der Waals surface area contributed by atoms with Crippen molar-refractivity contribution >= 4 is 34.8 Å². The van der Waals surface area contributed by atoms with Crippen molar-refractivity contribution in [1.29, 1.82) is 5.26 Å². The van der Waals surface area contributed by atoms with Crippen LogP contribution < -0.4 is 0 Å². The lowest BCUT2D eigenvalue weighted by molar-refractivity contribution is 0.0718. The summed E-state index contributed by atoms with van der Waals surface area (Å²) >= 11 is 0. The van der Waals surface area contributed by atoms with Gasteiger partial charge in [0.05, 0.1) is 31.0 Å². The molecule has 0 aliphatic carbocycles. The van der Waals surface area contributed by atoms with Gasteiger partial charge < -0.3 is 9.30 Å². The zero-order valence-electron chi connectivity index (χ0n) is 21.8. The third-order valence-electron chi connectivity index (χ3n) is 6.68. The lowest BCUT2D eigenvalue weighted by atomic mass is 9.89. The van der Waals surface area contributed by atoms with Gasteiger partial charge in [0.2, 0.25) is 15.7 Å². The Bertz CT molecular complexity index is 1470. The summed E-state index contributed by atoms with van der Waals surface area (Å²) in [5, 5.41) is 14.8. The van der Waals surface area contributed by atoms with Crippen LogP contribution in [0.3, 0.4) is 0 Å². The van der Waals surface area contributed by atoms with Gasteiger partial charge in [0.15, 0.2) is 0 Å². The molecule has 1 fully saturated rings. The van der Waals surface area contributed by atoms with Gasteiger partial charge in [-0.3, -0.25) is 4.68 Å². The van der Waals surface area contributed by atoms with Gasteiger partial charge in [-0.2, -0.15) is 14.7 Å². The SMILES string of the molecule is [C-]#[N+]c1cnc2c(ccn2COCC[Si](C)(C)C)c1-c1cnn(C2(CC#N)CN(S(=O)(=O)CCC)C2)c1. The molecule has 1 aliphatic heterocycles. The number of nitrogens with zero attached hydrogens (tertiary/aromatic N) is 7. The molecule has 3 aromatic rings. The number of fused-ring (bicyclic) bond motifs is 1. The summed E-state index contributed by atoms with van der Waals surface area (Å²) in [6.07, 6.45) is 7.64. The van der Waals surface area contributed by atoms with Crippen LogP contribution >= 0.6 is 0 Å². The fourth-order valence-corrected chi connectivity index (χ4v) is 6.96. The molecule has 0 bridgehead atoms. The highest BCUT2D eigenvalue weighted by Gasteiger charge is 2.50. The minimum atomic E-state index is -3.35. The minimum Gasteiger partial charge on any atom is -0.361 e. The summed E-state index contributed by atoms with van der Waals surface area (Å²) in [5.41, 5.74) is 1.83. The number of hydrogen-bond acceptors (Lipinski definition) is 6. The molecular weight excluding hydrogens is 506 g/mol. The molecule has 1 aliphatic rings. The number of sulfonamides is 1. The third-order valence-corrected chi connectivity index (χ3v) is 10.4. The van der Waals surface area contributed by atoms with Crippen LogP contribution in [0.2, 0.25) is 25.7 Å². The van der Waals surface area contributed by atoms with Crippen LogP contribution in [0.15, 0.2) is 30.9 Å². The molecule has 10 nitrogen and oxygen atoms in total. The van der Waals surface area contributed by atoms with Gasteiger partial charge >= 0.3 is 0 Å². The van der Waals surface area contributed by atoms with Crippen molar-refractivity contribution in [2.75, 3.05) is 25.4 Å². The lowest BCUT2D eigenvalue weighted by Gasteiger charge is -2.47. The van der Waals surface area contributed by atoms with Crippen LogP contribution in [-0.4, -0.2) is 65.6 Å². The lowest BCUT2D eigenvalue weighted by Crippen LogP contribution is -2.64. The van der Waals surface area contributed by atoms with E-state index in [0.717, 1.165) is 22.6 Å². The number of aromatic nitrogens is 4. The molecule has 12 heteroatoms. The van der Waals surface area contributed by atoms with E-state index in [4.69, 9.17) is 11.3 Å². The third kappa shape index (κ3) is 5.48. The Morgan fingerprint density at radius 2 is 2.05 bits per heavy atom. The second kappa shape index (κ2) is 10.4. The molecule has 37 heavy (non-hydrogen) atoms. The van der Waals surface area contributed by atoms with Gasteiger partial charge in [-0.05, 0) is 18.5 Å². The predicted octanol–water partition coefficient (Wildman–Crippen LogP) is 4.43. The summed E-state index contributed by atoms with van der Waals surface area (Å²) < 4.78 is 36.0. The molecule has 1 saturated heterocycles. The molecular formula is C25H33N7O3SSi. The van der Waals surface area contributed by atoms with E-state index in [0.29, 0.717) is 31.0 Å². The standard InChI is InChI=1S/C25H33N7O3SSi/c1-6-12-36(33,34)31-17-25(18-31,8-9-26)32-16-20(14-29-32)23-21-7-10-30(19-35-11-13-37(3,4)5)24(21)28-15-22(23)27-2/h7,10,14-16H,6,8,11-13,17-19H2,1,3-5H3. The first kappa shape index (κ1) is 27.0. The summed E-state index contributed by atoms with van der Waals surface area (Å²) in [4.78, 5) is 8.22. The van der Waals surface area contributed by atoms with E-state index in [9.17, 15) is 13.7 Å². The van der Waals surface area contributed by atoms with E-state index in [1.165, 1.54) is 4.31 Å². The first-order chi connectivity index (χ1) is 17.5. The van der Waals surface area contributed by atoms with Gasteiger partial charge in [-0.15, -0.1) is 0 Å². The summed E-state index contributed by atoms with van der Waals surface area (Å²) in [7, 11) is -4.53. The van der Waals surface area contributed by atoms with Gasteiger partial charge in [0.25, 0.3) is 0 Å². The van der Waals surface area contributed by atoms with Gasteiger partial charge in [0, 0.05) is 62.9 Å². The zero-order chi connectivity index (χ0) is 26.8. The van der Waals surface area contributed by atoms with Gasteiger partial charge in [-0.25, -0.2) is 18.2 Å². The summed E-state index contributed by atoms with van der Waals surface area (Å²) in [6.45, 7) is 18.0. The Morgan fingerprint density at radius 3 is 2.70 bits per heavy atom. The van der Waals surface area contributed by atoms with Crippen molar-refractivity contribution in [3.63, 3.8) is 0 Å². The fraction of sp³-hybridized carbons (Fsp3) is 0.520. The average Bonchev–Trinajstić information content (AvgIpc) is 3.45. The van der Waals surface area contributed by atoms with Gasteiger partial charge in [0.1, 0.15) is 17.9 Å². The van der Waals surface area contributed by atoms with E-state index in [-0.39, 0.29) is 25.3 Å². The first-order valence-electron chi connectivity index (χ1n) is 12.4. The molecule has 0 aromatic carbocycles. The number of ether oxygens (including phenoxy) is 1. The van der Waals surface area contributed by atoms with Crippen molar-refractivity contribution in [3.05, 3.63) is 42.3 Å². The molecule has 0 saturated carbocycles. The van der Waals surface area contributed by atoms with E-state index in [2.05, 4.69) is 40.6 Å². The fourth-order valence-electron chi connectivity index (χ4n) is 4.55.